The molecule has 0 amide bonds. The first-order valence-electron chi connectivity index (χ1n) is 7.22. The number of phenols is 1. The van der Waals surface area contributed by atoms with Gasteiger partial charge in [0.25, 0.3) is 0 Å². The first kappa shape index (κ1) is 13.6. The average molecular weight is 281 g/mol. The minimum Gasteiger partial charge on any atom is -0.508 e. The predicted molar refractivity (Wildman–Crippen MR) is 84.1 cm³/mol. The molecule has 108 valence electrons. The second-order valence-corrected chi connectivity index (χ2v) is 5.13. The van der Waals surface area contributed by atoms with Crippen LogP contribution in [0.4, 0.5) is 0 Å². The molecule has 2 aromatic carbocycles. The van der Waals surface area contributed by atoms with Crippen LogP contribution in [0.1, 0.15) is 30.8 Å². The summed E-state index contributed by atoms with van der Waals surface area (Å²) in [7, 11) is 0. The summed E-state index contributed by atoms with van der Waals surface area (Å²) in [4.78, 5) is 7.89. The summed E-state index contributed by atoms with van der Waals surface area (Å²) in [6.07, 6.45) is 0.977. The lowest BCUT2D eigenvalue weighted by Gasteiger charge is -2.16. The summed E-state index contributed by atoms with van der Waals surface area (Å²) < 4.78 is 0. The Morgan fingerprint density at radius 3 is 2.62 bits per heavy atom. The van der Waals surface area contributed by atoms with Crippen molar-refractivity contribution < 1.29 is 5.11 Å². The number of benzene rings is 2. The average Bonchev–Trinajstić information content (AvgIpc) is 2.92. The SMILES string of the molecule is CCC(NCc1nc2ccccc2[nH]1)c1ccc(O)cc1. The van der Waals surface area contributed by atoms with Gasteiger partial charge in [-0.3, -0.25) is 0 Å². The number of nitrogens with zero attached hydrogens (tertiary/aromatic N) is 1. The van der Waals surface area contributed by atoms with Crippen LogP contribution in [-0.4, -0.2) is 15.1 Å². The van der Waals surface area contributed by atoms with Crippen LogP contribution in [0.2, 0.25) is 0 Å². The Morgan fingerprint density at radius 1 is 1.14 bits per heavy atom. The number of aromatic nitrogens is 2. The van der Waals surface area contributed by atoms with Crippen LogP contribution < -0.4 is 5.32 Å². The van der Waals surface area contributed by atoms with E-state index < -0.39 is 0 Å². The van der Waals surface area contributed by atoms with E-state index in [1.165, 1.54) is 5.56 Å². The molecule has 0 saturated carbocycles. The lowest BCUT2D eigenvalue weighted by Crippen LogP contribution is -2.20. The van der Waals surface area contributed by atoms with E-state index in [0.717, 1.165) is 23.3 Å². The van der Waals surface area contributed by atoms with Crippen LogP contribution in [0.25, 0.3) is 11.0 Å². The van der Waals surface area contributed by atoms with Gasteiger partial charge < -0.3 is 15.4 Å². The number of rotatable bonds is 5. The maximum Gasteiger partial charge on any atom is 0.121 e. The minimum absolute atomic E-state index is 0.249. The van der Waals surface area contributed by atoms with E-state index in [1.807, 2.05) is 36.4 Å². The molecule has 0 aliphatic rings. The van der Waals surface area contributed by atoms with Gasteiger partial charge in [-0.15, -0.1) is 0 Å². The van der Waals surface area contributed by atoms with E-state index in [2.05, 4.69) is 22.2 Å². The summed E-state index contributed by atoms with van der Waals surface area (Å²) in [5.74, 6) is 1.24. The number of hydrogen-bond donors (Lipinski definition) is 3. The van der Waals surface area contributed by atoms with E-state index in [1.54, 1.807) is 12.1 Å². The van der Waals surface area contributed by atoms with Gasteiger partial charge in [-0.2, -0.15) is 0 Å². The summed E-state index contributed by atoms with van der Waals surface area (Å²) in [5, 5.41) is 12.9. The molecular weight excluding hydrogens is 262 g/mol. The predicted octanol–water partition coefficient (Wildman–Crippen LogP) is 3.51. The molecule has 1 aromatic heterocycles. The Labute approximate surface area is 123 Å². The number of phenolic OH excluding ortho intramolecular Hbond substituents is 1. The van der Waals surface area contributed by atoms with Crippen LogP contribution in [0.5, 0.6) is 5.75 Å². The Bertz CT molecular complexity index is 685. The van der Waals surface area contributed by atoms with Crippen molar-refractivity contribution in [2.75, 3.05) is 0 Å². The number of para-hydroxylation sites is 2. The van der Waals surface area contributed by atoms with Gasteiger partial charge in [0.1, 0.15) is 11.6 Å². The second kappa shape index (κ2) is 5.97. The van der Waals surface area contributed by atoms with E-state index in [9.17, 15) is 5.11 Å². The monoisotopic (exact) mass is 281 g/mol. The highest BCUT2D eigenvalue weighted by Crippen LogP contribution is 2.20. The Morgan fingerprint density at radius 2 is 1.90 bits per heavy atom. The standard InChI is InChI=1S/C17H19N3O/c1-2-14(12-7-9-13(21)10-8-12)18-11-17-19-15-5-3-4-6-16(15)20-17/h3-10,14,18,21H,2,11H2,1H3,(H,19,20). The van der Waals surface area contributed by atoms with Gasteiger partial charge in [0.05, 0.1) is 17.6 Å². The van der Waals surface area contributed by atoms with Crippen LogP contribution in [-0.2, 0) is 6.54 Å². The molecule has 3 aromatic rings. The topological polar surface area (TPSA) is 60.9 Å². The minimum atomic E-state index is 0.249. The van der Waals surface area contributed by atoms with Crippen molar-refractivity contribution in [3.05, 3.63) is 59.9 Å². The molecule has 1 heterocycles. The molecule has 4 heteroatoms. The molecule has 4 nitrogen and oxygen atoms in total. The zero-order valence-electron chi connectivity index (χ0n) is 12.0. The number of aromatic amines is 1. The number of H-pyrrole nitrogens is 1. The smallest absolute Gasteiger partial charge is 0.121 e. The molecular formula is C17H19N3O. The summed E-state index contributed by atoms with van der Waals surface area (Å²) in [5.41, 5.74) is 3.23. The van der Waals surface area contributed by atoms with Crippen LogP contribution in [0, 0.1) is 0 Å². The Hall–Kier alpha value is -2.33. The number of nitrogens with one attached hydrogen (secondary N) is 2. The molecule has 0 aliphatic heterocycles. The third-order valence-electron chi connectivity index (χ3n) is 3.66. The van der Waals surface area contributed by atoms with Crippen LogP contribution in [0.15, 0.2) is 48.5 Å². The Kier molecular flexibility index (Phi) is 3.88. The maximum absolute atomic E-state index is 9.36. The van der Waals surface area contributed by atoms with Crippen molar-refractivity contribution in [1.29, 1.82) is 0 Å². The molecule has 0 aliphatic carbocycles. The Balaban J connectivity index is 1.71. The van der Waals surface area contributed by atoms with Crippen molar-refractivity contribution in [3.8, 4) is 5.75 Å². The van der Waals surface area contributed by atoms with E-state index in [0.29, 0.717) is 12.3 Å². The molecule has 3 N–H and O–H groups in total. The first-order chi connectivity index (χ1) is 10.3. The van der Waals surface area contributed by atoms with Crippen molar-refractivity contribution in [3.63, 3.8) is 0 Å². The van der Waals surface area contributed by atoms with Crippen molar-refractivity contribution in [2.45, 2.75) is 25.9 Å². The molecule has 1 unspecified atom stereocenters. The van der Waals surface area contributed by atoms with Gasteiger partial charge in [-0.05, 0) is 36.2 Å². The first-order valence-corrected chi connectivity index (χ1v) is 7.22. The van der Waals surface area contributed by atoms with Gasteiger partial charge >= 0.3 is 0 Å². The normalized spacial score (nSPS) is 12.6. The zero-order chi connectivity index (χ0) is 14.7. The number of hydrogen-bond acceptors (Lipinski definition) is 3. The number of aromatic hydroxyl groups is 1. The largest absolute Gasteiger partial charge is 0.508 e. The van der Waals surface area contributed by atoms with E-state index >= 15 is 0 Å². The van der Waals surface area contributed by atoms with Crippen molar-refractivity contribution >= 4 is 11.0 Å². The molecule has 0 saturated heterocycles. The quantitative estimate of drug-likeness (QED) is 0.670. The maximum atomic E-state index is 9.36. The fraction of sp³-hybridized carbons (Fsp3) is 0.235. The fourth-order valence-corrected chi connectivity index (χ4v) is 2.51. The van der Waals surface area contributed by atoms with E-state index in [-0.39, 0.29) is 6.04 Å². The summed E-state index contributed by atoms with van der Waals surface area (Å²) in [6.45, 7) is 2.83. The third-order valence-corrected chi connectivity index (χ3v) is 3.66. The van der Waals surface area contributed by atoms with Crippen LogP contribution >= 0.6 is 0 Å². The molecule has 1 atom stereocenters. The van der Waals surface area contributed by atoms with Crippen LogP contribution in [0.3, 0.4) is 0 Å². The summed E-state index contributed by atoms with van der Waals surface area (Å²) >= 11 is 0. The number of imidazole rings is 1. The highest BCUT2D eigenvalue weighted by molar-refractivity contribution is 5.74. The highest BCUT2D eigenvalue weighted by Gasteiger charge is 2.10. The zero-order valence-corrected chi connectivity index (χ0v) is 12.0. The van der Waals surface area contributed by atoms with Gasteiger partial charge in [0, 0.05) is 6.04 Å². The highest BCUT2D eigenvalue weighted by atomic mass is 16.3. The van der Waals surface area contributed by atoms with Gasteiger partial charge in [0.2, 0.25) is 0 Å². The molecule has 0 spiro atoms. The van der Waals surface area contributed by atoms with Crippen molar-refractivity contribution in [1.82, 2.24) is 15.3 Å². The molecule has 3 rings (SSSR count). The van der Waals surface area contributed by atoms with E-state index in [4.69, 9.17) is 0 Å². The number of fused-ring (bicyclic) bond motifs is 1. The van der Waals surface area contributed by atoms with Gasteiger partial charge in [-0.25, -0.2) is 4.98 Å². The molecule has 21 heavy (non-hydrogen) atoms. The third kappa shape index (κ3) is 3.06. The lowest BCUT2D eigenvalue weighted by atomic mass is 10.0. The lowest BCUT2D eigenvalue weighted by molar-refractivity contribution is 0.472. The second-order valence-electron chi connectivity index (χ2n) is 5.13. The van der Waals surface area contributed by atoms with Crippen molar-refractivity contribution in [2.24, 2.45) is 0 Å². The molecule has 0 radical (unpaired) electrons. The van der Waals surface area contributed by atoms with Gasteiger partial charge in [-0.1, -0.05) is 31.2 Å². The molecule has 0 bridgehead atoms. The summed E-state index contributed by atoms with van der Waals surface area (Å²) in [6, 6.07) is 15.6. The molecule has 0 fully saturated rings. The van der Waals surface area contributed by atoms with Gasteiger partial charge in [0.15, 0.2) is 0 Å². The fourth-order valence-electron chi connectivity index (χ4n) is 2.51.